The van der Waals surface area contributed by atoms with Crippen molar-refractivity contribution >= 4 is 0 Å². The lowest BCUT2D eigenvalue weighted by Gasteiger charge is -2.09. The van der Waals surface area contributed by atoms with Gasteiger partial charge in [-0.05, 0) is 11.1 Å². The molecule has 0 radical (unpaired) electrons. The third-order valence-corrected chi connectivity index (χ3v) is 2.05. The average molecular weight is 194 g/mol. The minimum absolute atomic E-state index is 0.667. The zero-order valence-corrected chi connectivity index (χ0v) is 8.62. The molecule has 0 saturated heterocycles. The fraction of sp³-hybridized carbons (Fsp3) is 0.455. The number of methoxy groups -OCH3 is 1. The van der Waals surface area contributed by atoms with Gasteiger partial charge < -0.3 is 15.8 Å². The first-order chi connectivity index (χ1) is 6.88. The van der Waals surface area contributed by atoms with Gasteiger partial charge in [0.15, 0.2) is 0 Å². The molecule has 0 bridgehead atoms. The van der Waals surface area contributed by atoms with Gasteiger partial charge in [-0.25, -0.2) is 0 Å². The van der Waals surface area contributed by atoms with Gasteiger partial charge in [0.25, 0.3) is 0 Å². The van der Waals surface area contributed by atoms with Gasteiger partial charge in [0.05, 0.1) is 6.61 Å². The van der Waals surface area contributed by atoms with Crippen LogP contribution in [0, 0.1) is 0 Å². The van der Waals surface area contributed by atoms with E-state index in [0.29, 0.717) is 13.2 Å². The highest BCUT2D eigenvalue weighted by molar-refractivity contribution is 5.26. The van der Waals surface area contributed by atoms with Crippen LogP contribution in [0.3, 0.4) is 0 Å². The summed E-state index contributed by atoms with van der Waals surface area (Å²) in [7, 11) is 1.71. The summed E-state index contributed by atoms with van der Waals surface area (Å²) >= 11 is 0. The van der Waals surface area contributed by atoms with Crippen LogP contribution in [-0.2, 0) is 17.9 Å². The van der Waals surface area contributed by atoms with Crippen LogP contribution >= 0.6 is 0 Å². The summed E-state index contributed by atoms with van der Waals surface area (Å²) in [5.41, 5.74) is 7.92. The molecular formula is C11H18N2O. The van der Waals surface area contributed by atoms with Gasteiger partial charge in [-0.2, -0.15) is 0 Å². The van der Waals surface area contributed by atoms with Crippen LogP contribution in [0.4, 0.5) is 0 Å². The van der Waals surface area contributed by atoms with E-state index in [2.05, 4.69) is 17.4 Å². The smallest absolute Gasteiger partial charge is 0.0716 e. The van der Waals surface area contributed by atoms with Crippen LogP contribution in [0.15, 0.2) is 24.3 Å². The molecule has 3 N–H and O–H groups in total. The number of nitrogens with one attached hydrogen (secondary N) is 1. The second-order valence-corrected chi connectivity index (χ2v) is 3.17. The number of rotatable bonds is 6. The number of hydrogen-bond donors (Lipinski definition) is 2. The third kappa shape index (κ3) is 3.46. The molecule has 0 amide bonds. The predicted octanol–water partition coefficient (Wildman–Crippen LogP) is 0.881. The SMILES string of the molecule is COCc1ccccc1CNCCN. The van der Waals surface area contributed by atoms with Crippen molar-refractivity contribution in [2.45, 2.75) is 13.2 Å². The zero-order valence-electron chi connectivity index (χ0n) is 8.62. The van der Waals surface area contributed by atoms with Crippen molar-refractivity contribution in [1.29, 1.82) is 0 Å². The highest BCUT2D eigenvalue weighted by Gasteiger charge is 1.99. The largest absolute Gasteiger partial charge is 0.380 e. The van der Waals surface area contributed by atoms with E-state index in [9.17, 15) is 0 Å². The molecule has 0 aliphatic rings. The summed E-state index contributed by atoms with van der Waals surface area (Å²) in [6.45, 7) is 3.05. The molecule has 1 aromatic carbocycles. The van der Waals surface area contributed by atoms with Crippen molar-refractivity contribution in [3.63, 3.8) is 0 Å². The topological polar surface area (TPSA) is 47.3 Å². The molecule has 0 atom stereocenters. The maximum Gasteiger partial charge on any atom is 0.0716 e. The zero-order chi connectivity index (χ0) is 10.2. The summed E-state index contributed by atoms with van der Waals surface area (Å²) in [5.74, 6) is 0. The van der Waals surface area contributed by atoms with Crippen LogP contribution in [0.2, 0.25) is 0 Å². The molecule has 0 spiro atoms. The van der Waals surface area contributed by atoms with Gasteiger partial charge in [-0.3, -0.25) is 0 Å². The Kier molecular flexibility index (Phi) is 5.22. The van der Waals surface area contributed by atoms with E-state index in [1.54, 1.807) is 7.11 Å². The fourth-order valence-corrected chi connectivity index (χ4v) is 1.35. The van der Waals surface area contributed by atoms with E-state index >= 15 is 0 Å². The highest BCUT2D eigenvalue weighted by atomic mass is 16.5. The lowest BCUT2D eigenvalue weighted by Crippen LogP contribution is -2.22. The van der Waals surface area contributed by atoms with E-state index in [0.717, 1.165) is 13.1 Å². The molecule has 0 saturated carbocycles. The van der Waals surface area contributed by atoms with Gasteiger partial charge in [0, 0.05) is 26.7 Å². The molecule has 0 aliphatic carbocycles. The maximum atomic E-state index is 5.40. The van der Waals surface area contributed by atoms with Crippen molar-refractivity contribution in [1.82, 2.24) is 5.32 Å². The molecule has 0 aliphatic heterocycles. The molecule has 1 rings (SSSR count). The minimum atomic E-state index is 0.667. The van der Waals surface area contributed by atoms with Gasteiger partial charge in [0.2, 0.25) is 0 Å². The standard InChI is InChI=1S/C11H18N2O/c1-14-9-11-5-3-2-4-10(11)8-13-7-6-12/h2-5,13H,6-9,12H2,1H3. The van der Waals surface area contributed by atoms with E-state index in [1.165, 1.54) is 11.1 Å². The molecule has 3 heteroatoms. The van der Waals surface area contributed by atoms with Crippen molar-refractivity contribution < 1.29 is 4.74 Å². The number of nitrogens with two attached hydrogens (primary N) is 1. The lowest BCUT2D eigenvalue weighted by molar-refractivity contribution is 0.184. The summed E-state index contributed by atoms with van der Waals surface area (Å²) in [6.07, 6.45) is 0. The highest BCUT2D eigenvalue weighted by Crippen LogP contribution is 2.09. The lowest BCUT2D eigenvalue weighted by atomic mass is 10.1. The predicted molar refractivity (Wildman–Crippen MR) is 57.9 cm³/mol. The van der Waals surface area contributed by atoms with Crippen molar-refractivity contribution in [3.05, 3.63) is 35.4 Å². The van der Waals surface area contributed by atoms with Gasteiger partial charge in [-0.15, -0.1) is 0 Å². The minimum Gasteiger partial charge on any atom is -0.380 e. The third-order valence-electron chi connectivity index (χ3n) is 2.05. The normalized spacial score (nSPS) is 10.4. The molecule has 0 unspecified atom stereocenters. The molecule has 3 nitrogen and oxygen atoms in total. The van der Waals surface area contributed by atoms with Crippen molar-refractivity contribution in [3.8, 4) is 0 Å². The molecule has 0 aromatic heterocycles. The van der Waals surface area contributed by atoms with Crippen LogP contribution < -0.4 is 11.1 Å². The quantitative estimate of drug-likeness (QED) is 0.661. The molecule has 78 valence electrons. The van der Waals surface area contributed by atoms with Crippen LogP contribution in [0.25, 0.3) is 0 Å². The van der Waals surface area contributed by atoms with E-state index in [-0.39, 0.29) is 0 Å². The van der Waals surface area contributed by atoms with Gasteiger partial charge in [-0.1, -0.05) is 24.3 Å². The average Bonchev–Trinajstić information content (AvgIpc) is 2.21. The van der Waals surface area contributed by atoms with Crippen LogP contribution in [-0.4, -0.2) is 20.2 Å². The fourth-order valence-electron chi connectivity index (χ4n) is 1.35. The Hall–Kier alpha value is -0.900. The Morgan fingerprint density at radius 1 is 1.29 bits per heavy atom. The van der Waals surface area contributed by atoms with E-state index < -0.39 is 0 Å². The van der Waals surface area contributed by atoms with Crippen LogP contribution in [0.5, 0.6) is 0 Å². The van der Waals surface area contributed by atoms with E-state index in [1.807, 2.05) is 12.1 Å². The molecule has 0 fully saturated rings. The molecule has 14 heavy (non-hydrogen) atoms. The second kappa shape index (κ2) is 6.54. The second-order valence-electron chi connectivity index (χ2n) is 3.17. The first kappa shape index (κ1) is 11.2. The Bertz CT molecular complexity index is 263. The Balaban J connectivity index is 2.55. The summed E-state index contributed by atoms with van der Waals surface area (Å²) in [4.78, 5) is 0. The molecular weight excluding hydrogens is 176 g/mol. The maximum absolute atomic E-state index is 5.40. The van der Waals surface area contributed by atoms with Gasteiger partial charge in [0.1, 0.15) is 0 Å². The molecule has 0 heterocycles. The van der Waals surface area contributed by atoms with Crippen molar-refractivity contribution in [2.75, 3.05) is 20.2 Å². The van der Waals surface area contributed by atoms with Crippen molar-refractivity contribution in [2.24, 2.45) is 5.73 Å². The number of benzene rings is 1. The summed E-state index contributed by atoms with van der Waals surface area (Å²) in [5, 5.41) is 3.27. The number of ether oxygens (including phenoxy) is 1. The van der Waals surface area contributed by atoms with Crippen LogP contribution in [0.1, 0.15) is 11.1 Å². The summed E-state index contributed by atoms with van der Waals surface area (Å²) < 4.78 is 5.12. The Morgan fingerprint density at radius 3 is 2.64 bits per heavy atom. The van der Waals surface area contributed by atoms with E-state index in [4.69, 9.17) is 10.5 Å². The van der Waals surface area contributed by atoms with Gasteiger partial charge >= 0.3 is 0 Å². The first-order valence-corrected chi connectivity index (χ1v) is 4.85. The number of hydrogen-bond acceptors (Lipinski definition) is 3. The molecule has 1 aromatic rings. The Morgan fingerprint density at radius 2 is 2.00 bits per heavy atom. The Labute approximate surface area is 85.3 Å². The monoisotopic (exact) mass is 194 g/mol. The first-order valence-electron chi connectivity index (χ1n) is 4.85. The summed E-state index contributed by atoms with van der Waals surface area (Å²) in [6, 6.07) is 8.26.